The molecule has 190 valence electrons. The zero-order valence-corrected chi connectivity index (χ0v) is 20.9. The van der Waals surface area contributed by atoms with Gasteiger partial charge in [-0.05, 0) is 69.7 Å². The largest absolute Gasteiger partial charge is 0.462 e. The molecule has 1 aromatic carbocycles. The second kappa shape index (κ2) is 10.5. The molecule has 1 spiro atoms. The van der Waals surface area contributed by atoms with Crippen molar-refractivity contribution < 1.29 is 27.5 Å². The molecular formula is C24H32N4O6S. The summed E-state index contributed by atoms with van der Waals surface area (Å²) in [6.07, 6.45) is 3.65. The van der Waals surface area contributed by atoms with Crippen molar-refractivity contribution in [2.24, 2.45) is 5.41 Å². The van der Waals surface area contributed by atoms with Gasteiger partial charge < -0.3 is 14.8 Å². The summed E-state index contributed by atoms with van der Waals surface area (Å²) in [5.41, 5.74) is 2.62. The third-order valence-electron chi connectivity index (χ3n) is 6.82. The maximum atomic E-state index is 12.9. The Morgan fingerprint density at radius 3 is 2.80 bits per heavy atom. The van der Waals surface area contributed by atoms with Crippen molar-refractivity contribution >= 4 is 21.9 Å². The average molecular weight is 505 g/mol. The Hall–Kier alpha value is -2.76. The first-order valence-corrected chi connectivity index (χ1v) is 13.4. The zero-order valence-electron chi connectivity index (χ0n) is 20.1. The van der Waals surface area contributed by atoms with E-state index in [9.17, 15) is 18.0 Å². The smallest absolute Gasteiger partial charge is 0.338 e. The Morgan fingerprint density at radius 2 is 2.09 bits per heavy atom. The predicted molar refractivity (Wildman–Crippen MR) is 128 cm³/mol. The van der Waals surface area contributed by atoms with Gasteiger partial charge in [0.1, 0.15) is 5.69 Å². The number of esters is 1. The summed E-state index contributed by atoms with van der Waals surface area (Å²) in [6, 6.07) is 5.74. The van der Waals surface area contributed by atoms with E-state index in [4.69, 9.17) is 14.6 Å². The van der Waals surface area contributed by atoms with E-state index in [1.54, 1.807) is 4.68 Å². The van der Waals surface area contributed by atoms with Gasteiger partial charge in [0.05, 0.1) is 22.8 Å². The molecule has 1 saturated heterocycles. The summed E-state index contributed by atoms with van der Waals surface area (Å²) in [5.74, 6) is -0.677. The van der Waals surface area contributed by atoms with Gasteiger partial charge >= 0.3 is 5.97 Å². The molecule has 11 heteroatoms. The average Bonchev–Trinajstić information content (AvgIpc) is 3.15. The van der Waals surface area contributed by atoms with Gasteiger partial charge in [-0.3, -0.25) is 9.48 Å². The first-order chi connectivity index (χ1) is 16.8. The highest BCUT2D eigenvalue weighted by molar-refractivity contribution is 7.89. The maximum Gasteiger partial charge on any atom is 0.338 e. The van der Waals surface area contributed by atoms with Crippen LogP contribution < -0.4 is 10.0 Å². The normalized spacial score (nSPS) is 17.5. The van der Waals surface area contributed by atoms with Crippen LogP contribution in [0.5, 0.6) is 0 Å². The number of rotatable bonds is 8. The number of ether oxygens (including phenoxy) is 2. The molecule has 0 unspecified atom stereocenters. The summed E-state index contributed by atoms with van der Waals surface area (Å²) in [7, 11) is -2.34. The van der Waals surface area contributed by atoms with E-state index >= 15 is 0 Å². The second-order valence-corrected chi connectivity index (χ2v) is 10.9. The number of carbonyl (C=O) groups is 2. The van der Waals surface area contributed by atoms with Crippen molar-refractivity contribution in [3.8, 4) is 0 Å². The summed E-state index contributed by atoms with van der Waals surface area (Å²) in [4.78, 5) is 25.4. The monoisotopic (exact) mass is 504 g/mol. The standard InChI is InChI=1S/C24H32N4O6S/c1-3-28-21-19(15-24(16-26-22(21)29)9-12-33-13-10-24)20(27-28)8-5-11-34-23(30)17-6-4-7-18(14-17)35(31,32)25-2/h4,6-7,14,25H,3,5,8-13,15-16H2,1-2H3,(H,26,29). The molecule has 0 radical (unpaired) electrons. The Balaban J connectivity index is 1.43. The van der Waals surface area contributed by atoms with Gasteiger partial charge in [-0.15, -0.1) is 0 Å². The van der Waals surface area contributed by atoms with Crippen molar-refractivity contribution in [1.29, 1.82) is 0 Å². The van der Waals surface area contributed by atoms with Gasteiger partial charge in [0, 0.05) is 31.9 Å². The lowest BCUT2D eigenvalue weighted by Gasteiger charge is -2.36. The lowest BCUT2D eigenvalue weighted by Crippen LogP contribution is -2.40. The number of fused-ring (bicyclic) bond motifs is 1. The number of hydrogen-bond acceptors (Lipinski definition) is 7. The van der Waals surface area contributed by atoms with Crippen LogP contribution in [0.2, 0.25) is 0 Å². The molecule has 2 aromatic rings. The van der Waals surface area contributed by atoms with Gasteiger partial charge in [-0.25, -0.2) is 17.9 Å². The van der Waals surface area contributed by atoms with Crippen LogP contribution in [0.15, 0.2) is 29.2 Å². The first-order valence-electron chi connectivity index (χ1n) is 11.9. The molecule has 2 N–H and O–H groups in total. The van der Waals surface area contributed by atoms with Crippen molar-refractivity contribution in [2.45, 2.75) is 50.5 Å². The molecule has 0 aliphatic carbocycles. The van der Waals surface area contributed by atoms with E-state index in [0.717, 1.165) is 30.5 Å². The van der Waals surface area contributed by atoms with Crippen LogP contribution in [0, 0.1) is 5.41 Å². The molecule has 4 rings (SSSR count). The van der Waals surface area contributed by atoms with Gasteiger partial charge in [0.2, 0.25) is 10.0 Å². The van der Waals surface area contributed by atoms with Crippen molar-refractivity contribution in [3.63, 3.8) is 0 Å². The van der Waals surface area contributed by atoms with Crippen LogP contribution in [0.4, 0.5) is 0 Å². The number of sulfonamides is 1. The fraction of sp³-hybridized carbons (Fsp3) is 0.542. The number of nitrogens with one attached hydrogen (secondary N) is 2. The number of carbonyl (C=O) groups excluding carboxylic acids is 2. The van der Waals surface area contributed by atoms with Crippen LogP contribution in [0.1, 0.15) is 58.3 Å². The topological polar surface area (TPSA) is 129 Å². The molecule has 0 saturated carbocycles. The minimum absolute atomic E-state index is 0.00238. The van der Waals surface area contributed by atoms with Crippen LogP contribution in [0.25, 0.3) is 0 Å². The Labute approximate surface area is 205 Å². The number of aryl methyl sites for hydroxylation is 2. The molecule has 1 amide bonds. The highest BCUT2D eigenvalue weighted by atomic mass is 32.2. The van der Waals surface area contributed by atoms with Gasteiger partial charge in [-0.2, -0.15) is 5.10 Å². The Morgan fingerprint density at radius 1 is 1.31 bits per heavy atom. The van der Waals surface area contributed by atoms with E-state index < -0.39 is 16.0 Å². The van der Waals surface area contributed by atoms with Crippen LogP contribution in [-0.2, 0) is 38.9 Å². The van der Waals surface area contributed by atoms with Crippen molar-refractivity contribution in [1.82, 2.24) is 19.8 Å². The van der Waals surface area contributed by atoms with Crippen LogP contribution >= 0.6 is 0 Å². The van der Waals surface area contributed by atoms with E-state index in [0.29, 0.717) is 44.8 Å². The molecule has 10 nitrogen and oxygen atoms in total. The van der Waals surface area contributed by atoms with Gasteiger partial charge in [0.25, 0.3) is 5.91 Å². The van der Waals surface area contributed by atoms with E-state index in [1.807, 2.05) is 6.92 Å². The summed E-state index contributed by atoms with van der Waals surface area (Å²) in [6.45, 7) is 4.72. The van der Waals surface area contributed by atoms with Gasteiger partial charge in [-0.1, -0.05) is 6.07 Å². The van der Waals surface area contributed by atoms with Crippen molar-refractivity contribution in [2.75, 3.05) is 33.4 Å². The lowest BCUT2D eigenvalue weighted by molar-refractivity contribution is 0.0160. The Kier molecular flexibility index (Phi) is 7.58. The highest BCUT2D eigenvalue weighted by Crippen LogP contribution is 2.37. The van der Waals surface area contributed by atoms with E-state index in [1.165, 1.54) is 31.3 Å². The van der Waals surface area contributed by atoms with E-state index in [2.05, 4.69) is 10.0 Å². The molecule has 35 heavy (non-hydrogen) atoms. The number of aromatic nitrogens is 2. The van der Waals surface area contributed by atoms with Gasteiger partial charge in [0.15, 0.2) is 0 Å². The number of benzene rings is 1. The summed E-state index contributed by atoms with van der Waals surface area (Å²) < 4.78 is 38.9. The maximum absolute atomic E-state index is 12.9. The quantitative estimate of drug-likeness (QED) is 0.413. The minimum Gasteiger partial charge on any atom is -0.462 e. The second-order valence-electron chi connectivity index (χ2n) is 9.04. The molecule has 0 atom stereocenters. The fourth-order valence-electron chi connectivity index (χ4n) is 4.76. The molecule has 1 fully saturated rings. The molecule has 2 aliphatic heterocycles. The number of nitrogens with zero attached hydrogens (tertiary/aromatic N) is 2. The Bertz CT molecular complexity index is 1200. The number of hydrogen-bond donors (Lipinski definition) is 2. The summed E-state index contributed by atoms with van der Waals surface area (Å²) in [5, 5.41) is 7.81. The lowest BCUT2D eigenvalue weighted by atomic mass is 9.75. The third-order valence-corrected chi connectivity index (χ3v) is 8.23. The predicted octanol–water partition coefficient (Wildman–Crippen LogP) is 1.68. The molecule has 1 aromatic heterocycles. The van der Waals surface area contributed by atoms with E-state index in [-0.39, 0.29) is 28.4 Å². The minimum atomic E-state index is -3.65. The van der Waals surface area contributed by atoms with Crippen LogP contribution in [0.3, 0.4) is 0 Å². The van der Waals surface area contributed by atoms with Crippen molar-refractivity contribution in [3.05, 3.63) is 46.8 Å². The SMILES string of the molecule is CCn1nc(CCCOC(=O)c2cccc(S(=O)(=O)NC)c2)c2c1C(=O)NCC1(CCOCC1)C2. The number of amides is 1. The zero-order chi connectivity index (χ0) is 25.1. The summed E-state index contributed by atoms with van der Waals surface area (Å²) >= 11 is 0. The van der Waals surface area contributed by atoms with Crippen LogP contribution in [-0.4, -0.2) is 63.5 Å². The first kappa shape index (κ1) is 25.3. The molecule has 2 aliphatic rings. The third kappa shape index (κ3) is 5.41. The molecular weight excluding hydrogens is 472 g/mol. The highest BCUT2D eigenvalue weighted by Gasteiger charge is 2.39. The molecule has 0 bridgehead atoms. The fourth-order valence-corrected chi connectivity index (χ4v) is 5.54. The molecule has 3 heterocycles.